The average molecular weight is 1700 g/mol. The van der Waals surface area contributed by atoms with Gasteiger partial charge in [0.05, 0.1) is 0 Å². The van der Waals surface area contributed by atoms with Crippen LogP contribution in [0.1, 0.15) is 22.3 Å². The fourth-order valence-corrected chi connectivity index (χ4v) is 17.5. The molecule has 0 atom stereocenters. The number of para-hydroxylation sites is 8. The first-order valence-electron chi connectivity index (χ1n) is 45.0. The Morgan fingerprint density at radius 1 is 0.0909 bits per heavy atom. The second-order valence-corrected chi connectivity index (χ2v) is 33.0. The normalized spacial score (nSPS) is 10.9. The van der Waals surface area contributed by atoms with Gasteiger partial charge >= 0.3 is 0 Å². The molecule has 0 N–H and O–H groups in total. The van der Waals surface area contributed by atoms with Gasteiger partial charge in [-0.3, -0.25) is 0 Å². The molecule has 0 aromatic heterocycles. The zero-order valence-corrected chi connectivity index (χ0v) is 74.4. The Morgan fingerprint density at radius 3 is 0.311 bits per heavy atom. The fraction of sp³-hybridized carbons (Fsp3) is 0.0323. The lowest BCUT2D eigenvalue weighted by Crippen LogP contribution is -2.12. The molecule has 20 aromatic carbocycles. The minimum atomic E-state index is 1.08. The molecule has 0 saturated carbocycles. The van der Waals surface area contributed by atoms with Crippen LogP contribution in [-0.2, 0) is 0 Å². The summed E-state index contributed by atoms with van der Waals surface area (Å²) in [5.74, 6) is 0. The molecule has 132 heavy (non-hydrogen) atoms. The number of aryl methyl sites for hydroxylation is 4. The van der Waals surface area contributed by atoms with Gasteiger partial charge in [-0.25, -0.2) is 0 Å². The van der Waals surface area contributed by atoms with E-state index in [-0.39, 0.29) is 0 Å². The molecule has 20 rings (SSSR count). The van der Waals surface area contributed by atoms with E-state index in [0.717, 1.165) is 159 Å². The smallest absolute Gasteiger partial charge is 0.0464 e. The SMILES string of the molecule is Cc1cccc(N(c2ccccc2)c2ccc(N(c3ccccc3)c3ccc(-c4ccc(N(c5ccccc5)c5ccc(N(c6ccccc6)c6cccc(C)c6)cc5)cc4)cc3)cc2)c1.Cc1cccc(N(c2ccccc2)c2ccc(N(c3ccccc3)c3ccc(-c4ccc(N(c5ccccc5)c5ccc(N(c6ccccc6)c6cccc(C)c6)cc5)cc4)cc3)cc2)c1. The molecule has 636 valence electrons. The van der Waals surface area contributed by atoms with Gasteiger partial charge in [0.1, 0.15) is 0 Å². The van der Waals surface area contributed by atoms with Crippen molar-refractivity contribution in [2.24, 2.45) is 0 Å². The van der Waals surface area contributed by atoms with E-state index in [1.54, 1.807) is 0 Å². The molecule has 0 aliphatic carbocycles. The highest BCUT2D eigenvalue weighted by atomic mass is 15.2. The standard InChI is InChI=1S/2C62H50N4/c2*1-47-17-15-27-61(45-47)65(53-23-11-5-12-24-53)59-41-37-57(38-42-59)63(51-19-7-3-8-20-51)55-33-29-49(30-34-55)50-31-35-56(36-32-50)64(52-21-9-4-10-22-52)58-39-43-60(44-40-58)66(54-25-13-6-14-26-54)62-28-16-18-48(2)46-62/h2*3-46H,1-2H3. The van der Waals surface area contributed by atoms with E-state index < -0.39 is 0 Å². The van der Waals surface area contributed by atoms with Crippen LogP contribution >= 0.6 is 0 Å². The third kappa shape index (κ3) is 19.2. The molecule has 0 saturated heterocycles. The van der Waals surface area contributed by atoms with Crippen molar-refractivity contribution >= 4 is 136 Å². The Morgan fingerprint density at radius 2 is 0.189 bits per heavy atom. The van der Waals surface area contributed by atoms with Crippen LogP contribution in [0.15, 0.2) is 534 Å². The predicted molar refractivity (Wildman–Crippen MR) is 560 cm³/mol. The highest BCUT2D eigenvalue weighted by Crippen LogP contribution is 2.47. The van der Waals surface area contributed by atoms with Gasteiger partial charge in [0.2, 0.25) is 0 Å². The van der Waals surface area contributed by atoms with E-state index in [4.69, 9.17) is 0 Å². The van der Waals surface area contributed by atoms with Crippen molar-refractivity contribution in [3.63, 3.8) is 0 Å². The highest BCUT2D eigenvalue weighted by molar-refractivity contribution is 5.89. The molecular weight excluding hydrogens is 1600 g/mol. The quantitative estimate of drug-likeness (QED) is 0.0529. The zero-order valence-electron chi connectivity index (χ0n) is 74.4. The summed E-state index contributed by atoms with van der Waals surface area (Å²) in [6, 6.07) is 190. The third-order valence-corrected chi connectivity index (χ3v) is 23.8. The summed E-state index contributed by atoms with van der Waals surface area (Å²) < 4.78 is 0. The van der Waals surface area contributed by atoms with Gasteiger partial charge < -0.3 is 39.2 Å². The average Bonchev–Trinajstić information content (AvgIpc) is 0.800. The maximum atomic E-state index is 2.32. The van der Waals surface area contributed by atoms with Gasteiger partial charge in [-0.05, 0) is 363 Å². The van der Waals surface area contributed by atoms with Crippen molar-refractivity contribution in [3.05, 3.63) is 556 Å². The van der Waals surface area contributed by atoms with Crippen LogP contribution in [0.5, 0.6) is 0 Å². The molecule has 0 unspecified atom stereocenters. The third-order valence-electron chi connectivity index (χ3n) is 23.8. The fourth-order valence-electron chi connectivity index (χ4n) is 17.5. The molecule has 0 amide bonds. The van der Waals surface area contributed by atoms with Crippen molar-refractivity contribution in [2.75, 3.05) is 39.2 Å². The Kier molecular flexibility index (Phi) is 25.4. The molecule has 0 heterocycles. The van der Waals surface area contributed by atoms with Crippen molar-refractivity contribution in [3.8, 4) is 22.3 Å². The Bertz CT molecular complexity index is 6240. The summed E-state index contributed by atoms with van der Waals surface area (Å²) in [6.07, 6.45) is 0. The summed E-state index contributed by atoms with van der Waals surface area (Å²) >= 11 is 0. The minimum absolute atomic E-state index is 1.08. The number of benzene rings is 20. The number of hydrogen-bond acceptors (Lipinski definition) is 8. The van der Waals surface area contributed by atoms with Crippen LogP contribution < -0.4 is 39.2 Å². The molecule has 0 aliphatic rings. The van der Waals surface area contributed by atoms with Crippen LogP contribution in [-0.4, -0.2) is 0 Å². The van der Waals surface area contributed by atoms with Crippen molar-refractivity contribution < 1.29 is 0 Å². The van der Waals surface area contributed by atoms with Crippen LogP contribution in [0.2, 0.25) is 0 Å². The first-order valence-corrected chi connectivity index (χ1v) is 45.0. The van der Waals surface area contributed by atoms with Crippen molar-refractivity contribution in [2.45, 2.75) is 27.7 Å². The second kappa shape index (κ2) is 39.8. The number of anilines is 24. The Balaban J connectivity index is 0.000000170. The molecule has 8 heteroatoms. The van der Waals surface area contributed by atoms with E-state index in [0.29, 0.717) is 0 Å². The molecule has 0 spiro atoms. The maximum absolute atomic E-state index is 2.32. The van der Waals surface area contributed by atoms with Gasteiger partial charge in [-0.1, -0.05) is 243 Å². The zero-order chi connectivity index (χ0) is 89.3. The lowest BCUT2D eigenvalue weighted by atomic mass is 10.0. The largest absolute Gasteiger partial charge is 0.311 e. The van der Waals surface area contributed by atoms with E-state index in [1.807, 2.05) is 0 Å². The Labute approximate surface area is 776 Å². The topological polar surface area (TPSA) is 25.9 Å². The van der Waals surface area contributed by atoms with E-state index >= 15 is 0 Å². The van der Waals surface area contributed by atoms with Gasteiger partial charge in [0, 0.05) is 136 Å². The first-order chi connectivity index (χ1) is 65.1. The molecular formula is C124H100N8. The van der Waals surface area contributed by atoms with E-state index in [1.165, 1.54) is 22.3 Å². The monoisotopic (exact) mass is 1700 g/mol. The Hall–Kier alpha value is -17.2. The van der Waals surface area contributed by atoms with Crippen LogP contribution in [0.4, 0.5) is 136 Å². The minimum Gasteiger partial charge on any atom is -0.311 e. The molecule has 20 aromatic rings. The molecule has 8 nitrogen and oxygen atoms in total. The van der Waals surface area contributed by atoms with Crippen LogP contribution in [0.25, 0.3) is 22.3 Å². The lowest BCUT2D eigenvalue weighted by Gasteiger charge is -2.29. The summed E-state index contributed by atoms with van der Waals surface area (Å²) in [4.78, 5) is 18.5. The van der Waals surface area contributed by atoms with Crippen molar-refractivity contribution in [1.82, 2.24) is 0 Å². The van der Waals surface area contributed by atoms with Gasteiger partial charge in [-0.15, -0.1) is 0 Å². The van der Waals surface area contributed by atoms with E-state index in [9.17, 15) is 0 Å². The van der Waals surface area contributed by atoms with Gasteiger partial charge in [0.15, 0.2) is 0 Å². The summed E-state index contributed by atoms with van der Waals surface area (Å²) in [7, 11) is 0. The van der Waals surface area contributed by atoms with Gasteiger partial charge in [-0.2, -0.15) is 0 Å². The highest BCUT2D eigenvalue weighted by Gasteiger charge is 2.24. The molecule has 0 aliphatic heterocycles. The van der Waals surface area contributed by atoms with Crippen LogP contribution in [0, 0.1) is 27.7 Å². The van der Waals surface area contributed by atoms with Crippen molar-refractivity contribution in [1.29, 1.82) is 0 Å². The van der Waals surface area contributed by atoms with E-state index in [2.05, 4.69) is 601 Å². The van der Waals surface area contributed by atoms with Gasteiger partial charge in [0.25, 0.3) is 0 Å². The summed E-state index contributed by atoms with van der Waals surface area (Å²) in [5, 5.41) is 0. The van der Waals surface area contributed by atoms with Crippen LogP contribution in [0.3, 0.4) is 0 Å². The lowest BCUT2D eigenvalue weighted by molar-refractivity contribution is 1.25. The predicted octanol–water partition coefficient (Wildman–Crippen LogP) is 35.7. The molecule has 0 bridgehead atoms. The number of rotatable bonds is 26. The summed E-state index contributed by atoms with van der Waals surface area (Å²) in [6.45, 7) is 8.56. The number of hydrogen-bond donors (Lipinski definition) is 0. The molecule has 0 fully saturated rings. The first kappa shape index (κ1) is 84.3. The second-order valence-electron chi connectivity index (χ2n) is 33.0. The maximum Gasteiger partial charge on any atom is 0.0464 e. The molecule has 0 radical (unpaired) electrons. The summed E-state index contributed by atoms with van der Waals surface area (Å²) in [5.41, 5.74) is 35.9. The number of nitrogens with zero attached hydrogens (tertiary/aromatic N) is 8.